The van der Waals surface area contributed by atoms with Crippen LogP contribution in [0, 0.1) is 13.7 Å². The van der Waals surface area contributed by atoms with Crippen molar-refractivity contribution in [2.24, 2.45) is 0 Å². The summed E-state index contributed by atoms with van der Waals surface area (Å²) in [7, 11) is 0. The van der Waals surface area contributed by atoms with Gasteiger partial charge in [-0.1, -0.05) is 0 Å². The number of nitrogen functional groups attached to an aromatic ring is 1. The van der Waals surface area contributed by atoms with Gasteiger partial charge in [0.2, 0.25) is 0 Å². The van der Waals surface area contributed by atoms with Gasteiger partial charge in [-0.05, 0) is 64.6 Å². The van der Waals surface area contributed by atoms with Crippen molar-refractivity contribution in [3.05, 3.63) is 61.7 Å². The maximum Gasteiger partial charge on any atom is 0.292 e. The first-order valence-corrected chi connectivity index (χ1v) is 6.55. The minimum absolute atomic E-state index is 0.0852. The highest BCUT2D eigenvalue weighted by molar-refractivity contribution is 14.1. The molecule has 19 heavy (non-hydrogen) atoms. The molecular formula is C13H11IN2O3. The molecule has 98 valence electrons. The Kier molecular flexibility index (Phi) is 4.20. The molecular weight excluding hydrogens is 359 g/mol. The van der Waals surface area contributed by atoms with E-state index >= 15 is 0 Å². The molecule has 0 atom stereocenters. The van der Waals surface area contributed by atoms with E-state index in [0.29, 0.717) is 6.61 Å². The van der Waals surface area contributed by atoms with Crippen molar-refractivity contribution in [1.29, 1.82) is 0 Å². The standard InChI is InChI=1S/C13H11IN2O3/c14-10-2-4-11(5-3-10)19-8-9-1-6-13(16(17)18)12(15)7-9/h1-7H,8,15H2. The van der Waals surface area contributed by atoms with E-state index in [2.05, 4.69) is 22.6 Å². The van der Waals surface area contributed by atoms with Gasteiger partial charge >= 0.3 is 0 Å². The van der Waals surface area contributed by atoms with Crippen molar-refractivity contribution in [1.82, 2.24) is 0 Å². The Labute approximate surface area is 123 Å². The van der Waals surface area contributed by atoms with E-state index in [1.165, 1.54) is 6.07 Å². The molecule has 2 aromatic rings. The highest BCUT2D eigenvalue weighted by atomic mass is 127. The Hall–Kier alpha value is -1.83. The van der Waals surface area contributed by atoms with Gasteiger partial charge in [-0.25, -0.2) is 0 Å². The van der Waals surface area contributed by atoms with Crippen LogP contribution in [-0.2, 0) is 6.61 Å². The van der Waals surface area contributed by atoms with Crippen molar-refractivity contribution in [3.63, 3.8) is 0 Å². The maximum absolute atomic E-state index is 10.6. The van der Waals surface area contributed by atoms with Crippen LogP contribution in [0.1, 0.15) is 5.56 Å². The second-order valence-corrected chi connectivity index (χ2v) is 5.14. The number of hydrogen-bond acceptors (Lipinski definition) is 4. The smallest absolute Gasteiger partial charge is 0.292 e. The highest BCUT2D eigenvalue weighted by Crippen LogP contribution is 2.23. The molecule has 0 unspecified atom stereocenters. The molecule has 2 aromatic carbocycles. The molecule has 2 N–H and O–H groups in total. The maximum atomic E-state index is 10.6. The second-order valence-electron chi connectivity index (χ2n) is 3.89. The van der Waals surface area contributed by atoms with Crippen LogP contribution in [0.3, 0.4) is 0 Å². The number of nitrogens with two attached hydrogens (primary N) is 1. The summed E-state index contributed by atoms with van der Waals surface area (Å²) in [5.74, 6) is 0.748. The van der Waals surface area contributed by atoms with Crippen molar-refractivity contribution in [2.45, 2.75) is 6.61 Å². The quantitative estimate of drug-likeness (QED) is 0.388. The Morgan fingerprint density at radius 1 is 1.21 bits per heavy atom. The number of nitro groups is 1. The monoisotopic (exact) mass is 370 g/mol. The van der Waals surface area contributed by atoms with Crippen molar-refractivity contribution in [3.8, 4) is 5.75 Å². The number of anilines is 1. The summed E-state index contributed by atoms with van der Waals surface area (Å²) < 4.78 is 6.70. The van der Waals surface area contributed by atoms with Crippen LogP contribution >= 0.6 is 22.6 Å². The molecule has 6 heteroatoms. The molecule has 0 saturated carbocycles. The normalized spacial score (nSPS) is 10.2. The summed E-state index contributed by atoms with van der Waals surface area (Å²) in [6.07, 6.45) is 0. The molecule has 0 fully saturated rings. The first-order chi connectivity index (χ1) is 9.06. The van der Waals surface area contributed by atoms with Crippen LogP contribution in [0.4, 0.5) is 11.4 Å². The summed E-state index contributed by atoms with van der Waals surface area (Å²) in [6.45, 7) is 0.322. The molecule has 5 nitrogen and oxygen atoms in total. The summed E-state index contributed by atoms with van der Waals surface area (Å²) in [5.41, 5.74) is 6.47. The lowest BCUT2D eigenvalue weighted by Crippen LogP contribution is -2.00. The zero-order chi connectivity index (χ0) is 13.8. The minimum Gasteiger partial charge on any atom is -0.489 e. The van der Waals surface area contributed by atoms with Gasteiger partial charge in [0, 0.05) is 9.64 Å². The minimum atomic E-state index is -0.501. The topological polar surface area (TPSA) is 78.4 Å². The Morgan fingerprint density at radius 3 is 2.47 bits per heavy atom. The Morgan fingerprint density at radius 2 is 1.89 bits per heavy atom. The van der Waals surface area contributed by atoms with Gasteiger partial charge in [0.1, 0.15) is 18.0 Å². The predicted molar refractivity (Wildman–Crippen MR) is 81.0 cm³/mol. The number of halogens is 1. The van der Waals surface area contributed by atoms with Gasteiger partial charge in [-0.2, -0.15) is 0 Å². The summed E-state index contributed by atoms with van der Waals surface area (Å²) >= 11 is 2.21. The van der Waals surface area contributed by atoms with Gasteiger partial charge in [-0.3, -0.25) is 10.1 Å². The van der Waals surface area contributed by atoms with Crippen LogP contribution in [0.15, 0.2) is 42.5 Å². The fourth-order valence-corrected chi connectivity index (χ4v) is 1.92. The van der Waals surface area contributed by atoms with Crippen molar-refractivity contribution < 1.29 is 9.66 Å². The number of ether oxygens (including phenoxy) is 1. The van der Waals surface area contributed by atoms with Crippen molar-refractivity contribution >= 4 is 34.0 Å². The zero-order valence-corrected chi connectivity index (χ0v) is 12.0. The van der Waals surface area contributed by atoms with Crippen LogP contribution in [0.5, 0.6) is 5.75 Å². The third-order valence-corrected chi connectivity index (χ3v) is 3.23. The van der Waals surface area contributed by atoms with Gasteiger partial charge in [-0.15, -0.1) is 0 Å². The second kappa shape index (κ2) is 5.87. The van der Waals surface area contributed by atoms with E-state index in [4.69, 9.17) is 10.5 Å². The Balaban J connectivity index is 2.06. The van der Waals surface area contributed by atoms with E-state index < -0.39 is 4.92 Å². The molecule has 0 heterocycles. The van der Waals surface area contributed by atoms with Gasteiger partial charge in [0.05, 0.1) is 4.92 Å². The number of hydrogen-bond donors (Lipinski definition) is 1. The van der Waals surface area contributed by atoms with Crippen LogP contribution in [0.2, 0.25) is 0 Å². The molecule has 0 radical (unpaired) electrons. The third kappa shape index (κ3) is 3.57. The third-order valence-electron chi connectivity index (χ3n) is 2.51. The zero-order valence-electron chi connectivity index (χ0n) is 9.88. The first kappa shape index (κ1) is 13.6. The van der Waals surface area contributed by atoms with Crippen molar-refractivity contribution in [2.75, 3.05) is 5.73 Å². The largest absolute Gasteiger partial charge is 0.489 e. The molecule has 0 aliphatic carbocycles. The van der Waals surface area contributed by atoms with Gasteiger partial charge in [0.15, 0.2) is 0 Å². The Bertz CT molecular complexity index is 599. The predicted octanol–water partition coefficient (Wildman–Crippen LogP) is 3.36. The van der Waals surface area contributed by atoms with E-state index in [-0.39, 0.29) is 11.4 Å². The molecule has 0 saturated heterocycles. The average Bonchev–Trinajstić information content (AvgIpc) is 2.37. The number of nitro benzene ring substituents is 1. The van der Waals surface area contributed by atoms with Crippen LogP contribution in [-0.4, -0.2) is 4.92 Å². The summed E-state index contributed by atoms with van der Waals surface area (Å²) in [5, 5.41) is 10.6. The fraction of sp³-hybridized carbons (Fsp3) is 0.0769. The molecule has 0 amide bonds. The lowest BCUT2D eigenvalue weighted by molar-refractivity contribution is -0.383. The highest BCUT2D eigenvalue weighted by Gasteiger charge is 2.11. The average molecular weight is 370 g/mol. The molecule has 0 aliphatic rings. The summed E-state index contributed by atoms with van der Waals surface area (Å²) in [4.78, 5) is 10.1. The van der Waals surface area contributed by atoms with E-state index in [1.807, 2.05) is 24.3 Å². The van der Waals surface area contributed by atoms with E-state index in [1.54, 1.807) is 12.1 Å². The molecule has 0 bridgehead atoms. The molecule has 2 rings (SSSR count). The lowest BCUT2D eigenvalue weighted by Gasteiger charge is -2.07. The van der Waals surface area contributed by atoms with Crippen LogP contribution in [0.25, 0.3) is 0 Å². The molecule has 0 spiro atoms. The number of nitrogens with zero attached hydrogens (tertiary/aromatic N) is 1. The molecule has 0 aliphatic heterocycles. The van der Waals surface area contributed by atoms with E-state index in [9.17, 15) is 10.1 Å². The lowest BCUT2D eigenvalue weighted by atomic mass is 10.2. The summed E-state index contributed by atoms with van der Waals surface area (Å²) in [6, 6.07) is 12.2. The van der Waals surface area contributed by atoms with E-state index in [0.717, 1.165) is 14.9 Å². The van der Waals surface area contributed by atoms with Gasteiger partial charge < -0.3 is 10.5 Å². The number of benzene rings is 2. The number of rotatable bonds is 4. The SMILES string of the molecule is Nc1cc(COc2ccc(I)cc2)ccc1[N+](=O)[O-]. The first-order valence-electron chi connectivity index (χ1n) is 5.47. The fourth-order valence-electron chi connectivity index (χ4n) is 1.56. The molecule has 0 aromatic heterocycles. The van der Waals surface area contributed by atoms with Gasteiger partial charge in [0.25, 0.3) is 5.69 Å². The van der Waals surface area contributed by atoms with Crippen LogP contribution < -0.4 is 10.5 Å².